The van der Waals surface area contributed by atoms with E-state index in [9.17, 15) is 0 Å². The Morgan fingerprint density at radius 3 is 1.39 bits per heavy atom. The first-order valence-electron chi connectivity index (χ1n) is 10.7. The van der Waals surface area contributed by atoms with E-state index in [1.165, 1.54) is 102 Å². The molecule has 0 atom stereocenters. The highest BCUT2D eigenvalue weighted by Gasteiger charge is 2.32. The van der Waals surface area contributed by atoms with Crippen molar-refractivity contribution in [2.24, 2.45) is 0 Å². The summed E-state index contributed by atoms with van der Waals surface area (Å²) in [7, 11) is -1.11. The Morgan fingerprint density at radius 1 is 0.522 bits per heavy atom. The molecular formula is C21H46OP+. The summed E-state index contributed by atoms with van der Waals surface area (Å²) in [4.78, 5) is 0. The molecule has 0 radical (unpaired) electrons. The van der Waals surface area contributed by atoms with Gasteiger partial charge in [-0.2, -0.15) is 0 Å². The summed E-state index contributed by atoms with van der Waals surface area (Å²) in [6, 6.07) is 0. The minimum Gasteiger partial charge on any atom is -0.239 e. The highest BCUT2D eigenvalue weighted by Crippen LogP contribution is 2.57. The average molecular weight is 346 g/mol. The quantitative estimate of drug-likeness (QED) is 0.180. The summed E-state index contributed by atoms with van der Waals surface area (Å²) >= 11 is 0. The van der Waals surface area contributed by atoms with Crippen molar-refractivity contribution >= 4 is 7.49 Å². The Bertz CT molecular complexity index is 218. The van der Waals surface area contributed by atoms with Crippen LogP contribution in [0.2, 0.25) is 0 Å². The maximum atomic E-state index is 6.51. The van der Waals surface area contributed by atoms with Gasteiger partial charge >= 0.3 is 0 Å². The minimum atomic E-state index is -1.11. The van der Waals surface area contributed by atoms with E-state index in [1.807, 2.05) is 0 Å². The van der Waals surface area contributed by atoms with Crippen molar-refractivity contribution in [3.63, 3.8) is 0 Å². The van der Waals surface area contributed by atoms with Gasteiger partial charge in [-0.3, -0.25) is 0 Å². The highest BCUT2D eigenvalue weighted by atomic mass is 31.2. The van der Waals surface area contributed by atoms with Crippen LogP contribution in [0.4, 0.5) is 0 Å². The Morgan fingerprint density at radius 2 is 0.913 bits per heavy atom. The summed E-state index contributed by atoms with van der Waals surface area (Å²) in [5.41, 5.74) is 0. The summed E-state index contributed by atoms with van der Waals surface area (Å²) < 4.78 is 6.51. The molecule has 0 aromatic heterocycles. The second-order valence-electron chi connectivity index (χ2n) is 7.47. The fourth-order valence-electron chi connectivity index (χ4n) is 3.15. The average Bonchev–Trinajstić information content (AvgIpc) is 2.55. The predicted molar refractivity (Wildman–Crippen MR) is 110 cm³/mol. The van der Waals surface area contributed by atoms with Gasteiger partial charge in [-0.05, 0) is 32.1 Å². The van der Waals surface area contributed by atoms with E-state index >= 15 is 0 Å². The lowest BCUT2D eigenvalue weighted by Gasteiger charge is -2.22. The van der Waals surface area contributed by atoms with Crippen LogP contribution in [-0.4, -0.2) is 25.6 Å². The van der Waals surface area contributed by atoms with Crippen LogP contribution in [0.15, 0.2) is 0 Å². The van der Waals surface area contributed by atoms with Crippen molar-refractivity contribution in [2.45, 2.75) is 111 Å². The SMILES string of the molecule is CCCCCCCCO[P+](C)(CCCCCC)CCCCCC. The Kier molecular flexibility index (Phi) is 17.5. The molecule has 140 valence electrons. The smallest absolute Gasteiger partial charge is 0.142 e. The van der Waals surface area contributed by atoms with Crippen LogP contribution in [0.25, 0.3) is 0 Å². The van der Waals surface area contributed by atoms with Crippen LogP contribution in [0.1, 0.15) is 111 Å². The van der Waals surface area contributed by atoms with E-state index in [4.69, 9.17) is 4.52 Å². The van der Waals surface area contributed by atoms with Crippen molar-refractivity contribution in [3.05, 3.63) is 0 Å². The molecule has 1 nitrogen and oxygen atoms in total. The molecule has 0 aliphatic rings. The van der Waals surface area contributed by atoms with E-state index in [2.05, 4.69) is 27.4 Å². The van der Waals surface area contributed by atoms with Crippen molar-refractivity contribution < 1.29 is 4.52 Å². The molecule has 0 rings (SSSR count). The first-order chi connectivity index (χ1) is 11.2. The van der Waals surface area contributed by atoms with Gasteiger partial charge in [0.15, 0.2) is 0 Å². The van der Waals surface area contributed by atoms with Crippen molar-refractivity contribution in [3.8, 4) is 0 Å². The molecular weight excluding hydrogens is 299 g/mol. The van der Waals surface area contributed by atoms with Crippen LogP contribution in [0, 0.1) is 0 Å². The monoisotopic (exact) mass is 345 g/mol. The lowest BCUT2D eigenvalue weighted by molar-refractivity contribution is 0.324. The third-order valence-corrected chi connectivity index (χ3v) is 8.20. The van der Waals surface area contributed by atoms with E-state index in [0.717, 1.165) is 6.61 Å². The molecule has 0 bridgehead atoms. The third-order valence-electron chi connectivity index (χ3n) is 4.87. The van der Waals surface area contributed by atoms with Gasteiger partial charge in [-0.1, -0.05) is 78.6 Å². The lowest BCUT2D eigenvalue weighted by atomic mass is 10.1. The second kappa shape index (κ2) is 17.2. The first-order valence-corrected chi connectivity index (χ1v) is 13.2. The molecule has 0 saturated heterocycles. The molecule has 0 unspecified atom stereocenters. The van der Waals surface area contributed by atoms with E-state index in [1.54, 1.807) is 0 Å². The van der Waals surface area contributed by atoms with Crippen molar-refractivity contribution in [1.29, 1.82) is 0 Å². The molecule has 0 aliphatic heterocycles. The number of unbranched alkanes of at least 4 members (excludes halogenated alkanes) is 11. The van der Waals surface area contributed by atoms with E-state index in [-0.39, 0.29) is 0 Å². The molecule has 2 heteroatoms. The van der Waals surface area contributed by atoms with Gasteiger partial charge in [-0.15, -0.1) is 0 Å². The largest absolute Gasteiger partial charge is 0.239 e. The maximum Gasteiger partial charge on any atom is 0.142 e. The normalized spacial score (nSPS) is 12.0. The zero-order valence-electron chi connectivity index (χ0n) is 16.9. The van der Waals surface area contributed by atoms with Gasteiger partial charge in [0.1, 0.15) is 7.49 Å². The van der Waals surface area contributed by atoms with Gasteiger partial charge in [0.05, 0.1) is 25.6 Å². The summed E-state index contributed by atoms with van der Waals surface area (Å²) in [6.45, 7) is 10.4. The topological polar surface area (TPSA) is 9.23 Å². The predicted octanol–water partition coefficient (Wildman–Crippen LogP) is 8.09. The van der Waals surface area contributed by atoms with Gasteiger partial charge in [-0.25, -0.2) is 4.52 Å². The van der Waals surface area contributed by atoms with Gasteiger partial charge in [0.2, 0.25) is 0 Å². The molecule has 0 aromatic rings. The highest BCUT2D eigenvalue weighted by molar-refractivity contribution is 7.70. The molecule has 23 heavy (non-hydrogen) atoms. The lowest BCUT2D eigenvalue weighted by Crippen LogP contribution is -2.08. The summed E-state index contributed by atoms with van der Waals surface area (Å²) in [5, 5.41) is 0. The van der Waals surface area contributed by atoms with E-state index in [0.29, 0.717) is 0 Å². The van der Waals surface area contributed by atoms with Crippen LogP contribution in [0.5, 0.6) is 0 Å². The first kappa shape index (κ1) is 23.4. The number of hydrogen-bond acceptors (Lipinski definition) is 1. The fraction of sp³-hybridized carbons (Fsp3) is 1.00. The molecule has 0 fully saturated rings. The molecule has 0 aliphatic carbocycles. The molecule has 0 heterocycles. The minimum absolute atomic E-state index is 1.03. The Balaban J connectivity index is 3.94. The van der Waals surface area contributed by atoms with Crippen molar-refractivity contribution in [2.75, 3.05) is 25.6 Å². The number of hydrogen-bond donors (Lipinski definition) is 0. The van der Waals surface area contributed by atoms with Crippen LogP contribution >= 0.6 is 7.49 Å². The molecule has 0 N–H and O–H groups in total. The fourth-order valence-corrected chi connectivity index (χ4v) is 5.99. The molecule has 0 amide bonds. The van der Waals surface area contributed by atoms with Crippen LogP contribution in [0.3, 0.4) is 0 Å². The van der Waals surface area contributed by atoms with Gasteiger partial charge in [0, 0.05) is 0 Å². The Hall–Kier alpha value is 0.390. The third kappa shape index (κ3) is 15.6. The van der Waals surface area contributed by atoms with E-state index < -0.39 is 7.49 Å². The summed E-state index contributed by atoms with van der Waals surface area (Å²) in [6.07, 6.45) is 22.0. The van der Waals surface area contributed by atoms with Gasteiger partial charge < -0.3 is 0 Å². The zero-order chi connectivity index (χ0) is 17.2. The molecule has 0 aromatic carbocycles. The molecule has 0 saturated carbocycles. The van der Waals surface area contributed by atoms with Crippen LogP contribution in [-0.2, 0) is 4.52 Å². The van der Waals surface area contributed by atoms with Gasteiger partial charge in [0.25, 0.3) is 0 Å². The second-order valence-corrected chi connectivity index (χ2v) is 11.2. The maximum absolute atomic E-state index is 6.51. The summed E-state index contributed by atoms with van der Waals surface area (Å²) in [5.74, 6) is 0. The Labute approximate surface area is 148 Å². The van der Waals surface area contributed by atoms with Crippen molar-refractivity contribution in [1.82, 2.24) is 0 Å². The van der Waals surface area contributed by atoms with Crippen LogP contribution < -0.4 is 0 Å². The zero-order valence-corrected chi connectivity index (χ0v) is 17.8. The molecule has 0 spiro atoms. The number of rotatable bonds is 18. The standard InChI is InChI=1S/C21H46OP/c1-5-8-11-14-15-16-19-22-23(4,20-17-12-9-6-2)21-18-13-10-7-3/h5-21H2,1-4H3/q+1.